The molecular weight excluding hydrogens is 279 g/mol. The number of hydrogen-bond acceptors (Lipinski definition) is 4. The van der Waals surface area contributed by atoms with Crippen LogP contribution >= 0.6 is 0 Å². The molecular formula is C13H13FN4O3. The predicted molar refractivity (Wildman–Crippen MR) is 73.4 cm³/mol. The number of nitrogens with one attached hydrogen (secondary N) is 1. The van der Waals surface area contributed by atoms with Crippen LogP contribution in [-0.4, -0.2) is 20.6 Å². The van der Waals surface area contributed by atoms with Gasteiger partial charge in [0.25, 0.3) is 0 Å². The number of carbonyl (C=O) groups excluding carboxylic acids is 1. The molecule has 0 aliphatic carbocycles. The highest BCUT2D eigenvalue weighted by atomic mass is 19.1. The second kappa shape index (κ2) is 5.70. The quantitative estimate of drug-likeness (QED) is 0.690. The van der Waals surface area contributed by atoms with Crippen molar-refractivity contribution >= 4 is 17.4 Å². The molecule has 1 aromatic heterocycles. The highest BCUT2D eigenvalue weighted by molar-refractivity contribution is 5.90. The number of hydrogen-bond donors (Lipinski definition) is 1. The molecule has 0 bridgehead atoms. The summed E-state index contributed by atoms with van der Waals surface area (Å²) in [6, 6.07) is 5.62. The second-order valence-corrected chi connectivity index (χ2v) is 4.59. The lowest BCUT2D eigenvalue weighted by Gasteiger charge is -2.06. The van der Waals surface area contributed by atoms with Gasteiger partial charge in [-0.15, -0.1) is 0 Å². The number of amides is 1. The zero-order valence-electron chi connectivity index (χ0n) is 11.5. The summed E-state index contributed by atoms with van der Waals surface area (Å²) in [6.07, 6.45) is 0. The maximum absolute atomic E-state index is 13.5. The number of nitrogens with zero attached hydrogens (tertiary/aromatic N) is 3. The molecule has 8 heteroatoms. The van der Waals surface area contributed by atoms with Crippen molar-refractivity contribution in [1.82, 2.24) is 9.78 Å². The first-order valence-electron chi connectivity index (χ1n) is 6.11. The van der Waals surface area contributed by atoms with Crippen LogP contribution in [0.15, 0.2) is 24.3 Å². The lowest BCUT2D eigenvalue weighted by Crippen LogP contribution is -2.21. The maximum atomic E-state index is 13.5. The van der Waals surface area contributed by atoms with Crippen LogP contribution in [0.1, 0.15) is 11.3 Å². The summed E-state index contributed by atoms with van der Waals surface area (Å²) in [5.41, 5.74) is 1.35. The number of rotatable bonds is 4. The molecule has 2 rings (SSSR count). The van der Waals surface area contributed by atoms with E-state index in [9.17, 15) is 19.3 Å². The summed E-state index contributed by atoms with van der Waals surface area (Å²) >= 11 is 0. The Bertz CT molecular complexity index is 711. The Morgan fingerprint density at radius 2 is 2.14 bits per heavy atom. The number of aryl methyl sites for hydroxylation is 2. The summed E-state index contributed by atoms with van der Waals surface area (Å²) in [5, 5.41) is 16.7. The molecule has 0 atom stereocenters. The Morgan fingerprint density at radius 1 is 1.43 bits per heavy atom. The van der Waals surface area contributed by atoms with Gasteiger partial charge in [-0.3, -0.25) is 4.79 Å². The van der Waals surface area contributed by atoms with Gasteiger partial charge in [-0.1, -0.05) is 6.07 Å². The lowest BCUT2D eigenvalue weighted by atomic mass is 10.2. The van der Waals surface area contributed by atoms with Crippen molar-refractivity contribution < 1.29 is 14.1 Å². The van der Waals surface area contributed by atoms with Crippen LogP contribution in [0.2, 0.25) is 0 Å². The molecule has 0 spiro atoms. The molecule has 0 saturated heterocycles. The van der Waals surface area contributed by atoms with Gasteiger partial charge in [0.2, 0.25) is 5.91 Å². The van der Waals surface area contributed by atoms with Crippen LogP contribution < -0.4 is 5.32 Å². The van der Waals surface area contributed by atoms with Gasteiger partial charge < -0.3 is 15.4 Å². The molecule has 1 N–H and O–H groups in total. The molecule has 1 amide bonds. The molecule has 2 aromatic rings. The number of carbonyl (C=O) groups is 1. The van der Waals surface area contributed by atoms with Gasteiger partial charge >= 0.3 is 5.82 Å². The van der Waals surface area contributed by atoms with Crippen molar-refractivity contribution in [2.24, 2.45) is 0 Å². The number of nitro groups is 1. The fourth-order valence-corrected chi connectivity index (χ4v) is 1.80. The van der Waals surface area contributed by atoms with Crippen LogP contribution in [0.5, 0.6) is 0 Å². The van der Waals surface area contributed by atoms with Crippen molar-refractivity contribution in [1.29, 1.82) is 0 Å². The first kappa shape index (κ1) is 14.6. The fourth-order valence-electron chi connectivity index (χ4n) is 1.80. The van der Waals surface area contributed by atoms with E-state index in [0.29, 0.717) is 5.69 Å². The smallest absolute Gasteiger partial charge is 0.358 e. The van der Waals surface area contributed by atoms with Gasteiger partial charge in [0, 0.05) is 0 Å². The van der Waals surface area contributed by atoms with Crippen LogP contribution in [0.3, 0.4) is 0 Å². The third kappa shape index (κ3) is 3.41. The number of halogens is 1. The van der Waals surface area contributed by atoms with Gasteiger partial charge in [0.05, 0.1) is 22.5 Å². The Morgan fingerprint density at radius 3 is 2.76 bits per heavy atom. The summed E-state index contributed by atoms with van der Waals surface area (Å²) in [4.78, 5) is 21.8. The third-order valence-electron chi connectivity index (χ3n) is 2.84. The van der Waals surface area contributed by atoms with Crippen LogP contribution in [0, 0.1) is 29.8 Å². The van der Waals surface area contributed by atoms with Crippen molar-refractivity contribution in [2.75, 3.05) is 5.32 Å². The topological polar surface area (TPSA) is 90.1 Å². The SMILES string of the molecule is Cc1ccc(F)c(NC(=O)Cn2nc([N+](=O)[O-])cc2C)c1. The van der Waals surface area contributed by atoms with E-state index in [2.05, 4.69) is 10.4 Å². The summed E-state index contributed by atoms with van der Waals surface area (Å²) < 4.78 is 14.7. The minimum absolute atomic E-state index is 0.0688. The molecule has 0 saturated carbocycles. The first-order valence-corrected chi connectivity index (χ1v) is 6.11. The minimum atomic E-state index is -0.637. The molecule has 0 aliphatic rings. The maximum Gasteiger partial charge on any atom is 0.390 e. The highest BCUT2D eigenvalue weighted by Crippen LogP contribution is 2.16. The van der Waals surface area contributed by atoms with E-state index in [1.165, 1.54) is 22.9 Å². The van der Waals surface area contributed by atoms with Crippen molar-refractivity contribution in [3.63, 3.8) is 0 Å². The first-order chi connectivity index (χ1) is 9.86. The normalized spacial score (nSPS) is 10.4. The van der Waals surface area contributed by atoms with Crippen molar-refractivity contribution in [2.45, 2.75) is 20.4 Å². The molecule has 0 unspecified atom stereocenters. The van der Waals surface area contributed by atoms with E-state index in [0.717, 1.165) is 5.56 Å². The summed E-state index contributed by atoms with van der Waals surface area (Å²) in [7, 11) is 0. The highest BCUT2D eigenvalue weighted by Gasteiger charge is 2.18. The predicted octanol–water partition coefficient (Wildman–Crippen LogP) is 2.19. The van der Waals surface area contributed by atoms with E-state index in [1.807, 2.05) is 0 Å². The van der Waals surface area contributed by atoms with Crippen molar-refractivity contribution in [3.05, 3.63) is 51.5 Å². The average molecular weight is 292 g/mol. The molecule has 1 aromatic carbocycles. The summed E-state index contributed by atoms with van der Waals surface area (Å²) in [6.45, 7) is 3.14. The van der Waals surface area contributed by atoms with E-state index in [4.69, 9.17) is 0 Å². The lowest BCUT2D eigenvalue weighted by molar-refractivity contribution is -0.389. The largest absolute Gasteiger partial charge is 0.390 e. The second-order valence-electron chi connectivity index (χ2n) is 4.59. The molecule has 21 heavy (non-hydrogen) atoms. The van der Waals surface area contributed by atoms with Gasteiger partial charge in [-0.2, -0.15) is 4.68 Å². The number of aromatic nitrogens is 2. The van der Waals surface area contributed by atoms with Crippen LogP contribution in [-0.2, 0) is 11.3 Å². The monoisotopic (exact) mass is 292 g/mol. The molecule has 0 fully saturated rings. The average Bonchev–Trinajstić information content (AvgIpc) is 2.75. The Hall–Kier alpha value is -2.77. The van der Waals surface area contributed by atoms with Crippen LogP contribution in [0.25, 0.3) is 0 Å². The number of anilines is 1. The molecule has 1 heterocycles. The summed E-state index contributed by atoms with van der Waals surface area (Å²) in [5.74, 6) is -1.39. The number of benzene rings is 1. The van der Waals surface area contributed by atoms with E-state index < -0.39 is 16.6 Å². The molecule has 110 valence electrons. The Kier molecular flexibility index (Phi) is 3.97. The molecule has 0 radical (unpaired) electrons. The van der Waals surface area contributed by atoms with E-state index >= 15 is 0 Å². The zero-order valence-corrected chi connectivity index (χ0v) is 11.5. The van der Waals surface area contributed by atoms with E-state index in [-0.39, 0.29) is 18.1 Å². The molecule has 0 aliphatic heterocycles. The standard InChI is InChI=1S/C13H13FN4O3/c1-8-3-4-10(14)11(5-8)15-13(19)7-17-9(2)6-12(16-17)18(20)21/h3-6H,7H2,1-2H3,(H,15,19). The zero-order chi connectivity index (χ0) is 15.6. The van der Waals surface area contributed by atoms with Gasteiger partial charge in [0.1, 0.15) is 12.4 Å². The van der Waals surface area contributed by atoms with Gasteiger partial charge in [-0.25, -0.2) is 4.39 Å². The van der Waals surface area contributed by atoms with Crippen molar-refractivity contribution in [3.8, 4) is 0 Å². The third-order valence-corrected chi connectivity index (χ3v) is 2.84. The molecule has 7 nitrogen and oxygen atoms in total. The van der Waals surface area contributed by atoms with Gasteiger partial charge in [0.15, 0.2) is 0 Å². The fraction of sp³-hybridized carbons (Fsp3) is 0.231. The van der Waals surface area contributed by atoms with Crippen LogP contribution in [0.4, 0.5) is 15.9 Å². The Balaban J connectivity index is 2.11. The minimum Gasteiger partial charge on any atom is -0.358 e. The Labute approximate surface area is 119 Å². The van der Waals surface area contributed by atoms with Gasteiger partial charge in [-0.05, 0) is 36.5 Å². The van der Waals surface area contributed by atoms with E-state index in [1.54, 1.807) is 19.9 Å².